The van der Waals surface area contributed by atoms with Crippen LogP contribution in [0.2, 0.25) is 0 Å². The fourth-order valence-electron chi connectivity index (χ4n) is 5.13. The average molecular weight is 574 g/mol. The second-order valence-electron chi connectivity index (χ2n) is 10.3. The number of rotatable bonds is 11. The first-order valence-corrected chi connectivity index (χ1v) is 13.5. The summed E-state index contributed by atoms with van der Waals surface area (Å²) in [6, 6.07) is 9.14. The van der Waals surface area contributed by atoms with Gasteiger partial charge in [-0.15, -0.1) is 0 Å². The van der Waals surface area contributed by atoms with Crippen LogP contribution in [0.4, 0.5) is 18.9 Å². The number of hydrogen-bond donors (Lipinski definition) is 2. The molecule has 4 rings (SSSR count). The predicted octanol–water partition coefficient (Wildman–Crippen LogP) is 5.71. The second kappa shape index (κ2) is 13.2. The zero-order valence-electron chi connectivity index (χ0n) is 23.0. The first-order chi connectivity index (χ1) is 19.6. The topological polar surface area (TPSA) is 110 Å². The van der Waals surface area contributed by atoms with Crippen LogP contribution in [0.5, 0.6) is 0 Å². The quantitative estimate of drug-likeness (QED) is 0.302. The van der Waals surface area contributed by atoms with Crippen LogP contribution in [0.3, 0.4) is 0 Å². The van der Waals surface area contributed by atoms with Crippen LogP contribution in [-0.4, -0.2) is 57.3 Å². The lowest BCUT2D eigenvalue weighted by Crippen LogP contribution is -2.29. The molecule has 9 nitrogen and oxygen atoms in total. The maximum absolute atomic E-state index is 13.1. The van der Waals surface area contributed by atoms with E-state index >= 15 is 0 Å². The van der Waals surface area contributed by atoms with Crippen molar-refractivity contribution in [2.45, 2.75) is 57.3 Å². The van der Waals surface area contributed by atoms with Gasteiger partial charge >= 0.3 is 12.1 Å². The number of aliphatic carboxylic acids is 1. The molecule has 0 aliphatic heterocycles. The van der Waals surface area contributed by atoms with E-state index in [1.807, 2.05) is 12.1 Å². The fourth-order valence-corrected chi connectivity index (χ4v) is 5.13. The largest absolute Gasteiger partial charge is 0.481 e. The van der Waals surface area contributed by atoms with Crippen LogP contribution >= 0.6 is 0 Å². The van der Waals surface area contributed by atoms with Gasteiger partial charge in [-0.25, -0.2) is 9.67 Å². The minimum absolute atomic E-state index is 0.109. The van der Waals surface area contributed by atoms with E-state index in [0.29, 0.717) is 11.3 Å². The van der Waals surface area contributed by atoms with Crippen LogP contribution < -0.4 is 5.32 Å². The first-order valence-electron chi connectivity index (χ1n) is 13.5. The third kappa shape index (κ3) is 7.63. The van der Waals surface area contributed by atoms with Crippen LogP contribution in [0, 0.1) is 5.92 Å². The zero-order valence-corrected chi connectivity index (χ0v) is 23.0. The lowest BCUT2D eigenvalue weighted by molar-refractivity contribution is -0.138. The van der Waals surface area contributed by atoms with Gasteiger partial charge in [0.15, 0.2) is 5.82 Å². The summed E-state index contributed by atoms with van der Waals surface area (Å²) in [5.41, 5.74) is 1.92. The summed E-state index contributed by atoms with van der Waals surface area (Å²) in [5.74, 6) is -0.697. The Labute approximate surface area is 236 Å². The van der Waals surface area contributed by atoms with Gasteiger partial charge in [0.25, 0.3) is 5.91 Å². The molecule has 12 heteroatoms. The number of methoxy groups -OCH3 is 1. The number of carbonyl (C=O) groups is 2. The summed E-state index contributed by atoms with van der Waals surface area (Å²) >= 11 is 0. The molecule has 2 N–H and O–H groups in total. The number of hydrogen-bond acceptors (Lipinski definition) is 6. The van der Waals surface area contributed by atoms with Crippen molar-refractivity contribution >= 4 is 17.6 Å². The first kappa shape index (κ1) is 30.0. The molecular weight excluding hydrogens is 539 g/mol. The third-order valence-electron chi connectivity index (χ3n) is 7.33. The van der Waals surface area contributed by atoms with E-state index in [1.165, 1.54) is 15.6 Å². The van der Waals surface area contributed by atoms with Gasteiger partial charge < -0.3 is 20.1 Å². The molecule has 0 radical (unpaired) electrons. The molecule has 1 saturated carbocycles. The number of carboxylic acid groups (broad SMARTS) is 1. The maximum atomic E-state index is 13.1. The van der Waals surface area contributed by atoms with Gasteiger partial charge in [0.1, 0.15) is 0 Å². The molecule has 1 unspecified atom stereocenters. The normalized spacial score (nSPS) is 15.0. The molecule has 1 fully saturated rings. The molecule has 1 aliphatic carbocycles. The molecule has 3 aromatic rings. The van der Waals surface area contributed by atoms with Crippen LogP contribution in [0.1, 0.15) is 71.7 Å². The monoisotopic (exact) mass is 573 g/mol. The Balaban J connectivity index is 1.61. The Morgan fingerprint density at radius 2 is 1.85 bits per heavy atom. The molecule has 1 aromatic carbocycles. The number of alkyl halides is 3. The molecule has 1 amide bonds. The highest BCUT2D eigenvalue weighted by Gasteiger charge is 2.32. The van der Waals surface area contributed by atoms with Crippen molar-refractivity contribution in [3.05, 3.63) is 71.2 Å². The summed E-state index contributed by atoms with van der Waals surface area (Å²) in [7, 11) is 3.13. The Hall–Kier alpha value is -3.93. The van der Waals surface area contributed by atoms with Gasteiger partial charge in [-0.2, -0.15) is 18.3 Å². The summed E-state index contributed by atoms with van der Waals surface area (Å²) in [5, 5.41) is 17.1. The van der Waals surface area contributed by atoms with E-state index in [1.54, 1.807) is 32.5 Å². The Kier molecular flexibility index (Phi) is 9.64. The molecule has 1 atom stereocenters. The SMILES string of the molecule is COCc1nn(-c2ccc(C(F)(F)F)cn2)cc1C(Nc1ccc(C(=O)N(C)CCC(=O)O)cc1)C1CCCCC1. The Morgan fingerprint density at radius 3 is 2.44 bits per heavy atom. The average Bonchev–Trinajstić information content (AvgIpc) is 3.38. The number of halogens is 3. The summed E-state index contributed by atoms with van der Waals surface area (Å²) in [6.07, 6.45) is 3.32. The lowest BCUT2D eigenvalue weighted by Gasteiger charge is -2.32. The second-order valence-corrected chi connectivity index (χ2v) is 10.3. The number of pyridine rings is 1. The number of carboxylic acids is 1. The fraction of sp³-hybridized carbons (Fsp3) is 0.448. The number of carbonyl (C=O) groups excluding carboxylic acids is 1. The van der Waals surface area contributed by atoms with E-state index in [4.69, 9.17) is 9.84 Å². The van der Waals surface area contributed by atoms with Crippen LogP contribution in [0.25, 0.3) is 5.82 Å². The molecular formula is C29H34F3N5O4. The van der Waals surface area contributed by atoms with E-state index in [-0.39, 0.29) is 43.3 Å². The zero-order chi connectivity index (χ0) is 29.6. The summed E-state index contributed by atoms with van der Waals surface area (Å²) in [6.45, 7) is 0.321. The number of anilines is 1. The van der Waals surface area contributed by atoms with Crippen LogP contribution in [-0.2, 0) is 22.3 Å². The number of aromatic nitrogens is 3. The molecule has 0 bridgehead atoms. The number of benzene rings is 1. The number of ether oxygens (including phenoxy) is 1. The predicted molar refractivity (Wildman–Crippen MR) is 146 cm³/mol. The minimum Gasteiger partial charge on any atom is -0.481 e. The lowest BCUT2D eigenvalue weighted by atomic mass is 9.81. The minimum atomic E-state index is -4.48. The molecule has 0 spiro atoms. The maximum Gasteiger partial charge on any atom is 0.417 e. The standard InChI is InChI=1S/C29H34F3N5O4/c1-36(15-14-26(38)39)28(40)20-8-11-22(12-9-20)34-27(19-6-4-3-5-7-19)23-17-37(35-24(23)18-41-2)25-13-10-21(16-33-25)29(30,31)32/h8-13,16-17,19,27,34H,3-7,14-15,18H2,1-2H3,(H,38,39). The number of amides is 1. The van der Waals surface area contributed by atoms with Crippen molar-refractivity contribution in [3.8, 4) is 5.82 Å². The molecule has 2 aromatic heterocycles. The number of nitrogens with one attached hydrogen (secondary N) is 1. The third-order valence-corrected chi connectivity index (χ3v) is 7.33. The van der Waals surface area contributed by atoms with Crippen molar-refractivity contribution < 1.29 is 32.6 Å². The molecule has 41 heavy (non-hydrogen) atoms. The van der Waals surface area contributed by atoms with Crippen molar-refractivity contribution in [2.75, 3.05) is 26.0 Å². The highest BCUT2D eigenvalue weighted by Crippen LogP contribution is 2.38. The van der Waals surface area contributed by atoms with Gasteiger partial charge in [-0.1, -0.05) is 19.3 Å². The van der Waals surface area contributed by atoms with Gasteiger partial charge in [-0.3, -0.25) is 9.59 Å². The van der Waals surface area contributed by atoms with Gasteiger partial charge in [0.2, 0.25) is 0 Å². The summed E-state index contributed by atoms with van der Waals surface area (Å²) < 4.78 is 46.1. The van der Waals surface area contributed by atoms with E-state index in [9.17, 15) is 22.8 Å². The van der Waals surface area contributed by atoms with E-state index in [0.717, 1.165) is 55.6 Å². The highest BCUT2D eigenvalue weighted by molar-refractivity contribution is 5.94. The van der Waals surface area contributed by atoms with E-state index < -0.39 is 17.7 Å². The highest BCUT2D eigenvalue weighted by atomic mass is 19.4. The Morgan fingerprint density at radius 1 is 1.15 bits per heavy atom. The molecule has 2 heterocycles. The smallest absolute Gasteiger partial charge is 0.417 e. The van der Waals surface area contributed by atoms with Gasteiger partial charge in [0, 0.05) is 49.9 Å². The summed E-state index contributed by atoms with van der Waals surface area (Å²) in [4.78, 5) is 28.9. The Bertz CT molecular complexity index is 1320. The van der Waals surface area contributed by atoms with Gasteiger partial charge in [0.05, 0.1) is 30.3 Å². The van der Waals surface area contributed by atoms with Crippen molar-refractivity contribution in [1.29, 1.82) is 0 Å². The number of nitrogens with zero attached hydrogens (tertiary/aromatic N) is 4. The van der Waals surface area contributed by atoms with Crippen molar-refractivity contribution in [3.63, 3.8) is 0 Å². The van der Waals surface area contributed by atoms with Crippen molar-refractivity contribution in [2.24, 2.45) is 5.92 Å². The van der Waals surface area contributed by atoms with Crippen molar-refractivity contribution in [1.82, 2.24) is 19.7 Å². The molecule has 220 valence electrons. The molecule has 0 saturated heterocycles. The van der Waals surface area contributed by atoms with E-state index in [2.05, 4.69) is 15.4 Å². The van der Waals surface area contributed by atoms with Gasteiger partial charge in [-0.05, 0) is 55.2 Å². The van der Waals surface area contributed by atoms with Crippen LogP contribution in [0.15, 0.2) is 48.8 Å². The molecule has 1 aliphatic rings.